The summed E-state index contributed by atoms with van der Waals surface area (Å²) in [5.74, 6) is 0.230. The fourth-order valence-corrected chi connectivity index (χ4v) is 3.23. The number of aliphatic hydroxyl groups is 1. The Balaban J connectivity index is 1.68. The van der Waals surface area contributed by atoms with Gasteiger partial charge in [0.2, 0.25) is 0 Å². The van der Waals surface area contributed by atoms with E-state index in [0.29, 0.717) is 41.4 Å². The molecule has 0 unspecified atom stereocenters. The predicted molar refractivity (Wildman–Crippen MR) is 88.9 cm³/mol. The molecule has 1 aliphatic heterocycles. The molecule has 0 radical (unpaired) electrons. The Morgan fingerprint density at radius 1 is 1.32 bits per heavy atom. The minimum absolute atomic E-state index is 0.118. The molecule has 0 bridgehead atoms. The Morgan fingerprint density at radius 3 is 2.84 bits per heavy atom. The maximum atomic E-state index is 13.0. The molecule has 1 amide bonds. The van der Waals surface area contributed by atoms with Crippen molar-refractivity contribution in [2.75, 3.05) is 13.1 Å². The van der Waals surface area contributed by atoms with E-state index in [2.05, 4.69) is 15.1 Å². The zero-order chi connectivity index (χ0) is 17.0. The van der Waals surface area contributed by atoms with Crippen molar-refractivity contribution in [1.29, 1.82) is 0 Å². The summed E-state index contributed by atoms with van der Waals surface area (Å²) in [6.45, 7) is 0.712. The highest BCUT2D eigenvalue weighted by molar-refractivity contribution is 6.07. The van der Waals surface area contributed by atoms with Gasteiger partial charge in [-0.1, -0.05) is 5.16 Å². The summed E-state index contributed by atoms with van der Waals surface area (Å²) in [6, 6.07) is 5.50. The third kappa shape index (κ3) is 2.39. The standard InChI is InChI=1S/C18H16N4O3/c23-12-8-22(9-12)18(24)13-6-14(11-2-1-5-19-7-11)20-17-15(13)16(21-25-17)10-3-4-10/h1-2,5-7,10,12,23H,3-4,8-9H2. The zero-order valence-electron chi connectivity index (χ0n) is 13.4. The van der Waals surface area contributed by atoms with Gasteiger partial charge in [-0.05, 0) is 31.0 Å². The number of likely N-dealkylation sites (tertiary alicyclic amines) is 1. The van der Waals surface area contributed by atoms with Crippen LogP contribution in [-0.4, -0.2) is 50.2 Å². The number of nitrogens with zero attached hydrogens (tertiary/aromatic N) is 4. The van der Waals surface area contributed by atoms with Crippen LogP contribution in [0.1, 0.15) is 34.8 Å². The van der Waals surface area contributed by atoms with E-state index in [1.165, 1.54) is 0 Å². The molecule has 1 saturated heterocycles. The maximum Gasteiger partial charge on any atom is 0.259 e. The number of rotatable bonds is 3. The van der Waals surface area contributed by atoms with E-state index < -0.39 is 6.10 Å². The number of hydrogen-bond donors (Lipinski definition) is 1. The Morgan fingerprint density at radius 2 is 2.16 bits per heavy atom. The highest BCUT2D eigenvalue weighted by Crippen LogP contribution is 2.43. The van der Waals surface area contributed by atoms with Crippen LogP contribution in [0.5, 0.6) is 0 Å². The van der Waals surface area contributed by atoms with E-state index in [0.717, 1.165) is 24.1 Å². The fraction of sp³-hybridized carbons (Fsp3) is 0.333. The second-order valence-electron chi connectivity index (χ2n) is 6.68. The van der Waals surface area contributed by atoms with Crippen LogP contribution in [0, 0.1) is 0 Å². The van der Waals surface area contributed by atoms with Crippen molar-refractivity contribution in [3.63, 3.8) is 0 Å². The first kappa shape index (κ1) is 14.5. The SMILES string of the molecule is O=C(c1cc(-c2cccnc2)nc2onc(C3CC3)c12)N1CC(O)C1. The van der Waals surface area contributed by atoms with Crippen LogP contribution in [-0.2, 0) is 0 Å². The van der Waals surface area contributed by atoms with Gasteiger partial charge in [-0.15, -0.1) is 0 Å². The quantitative estimate of drug-likeness (QED) is 0.786. The average Bonchev–Trinajstić information content (AvgIpc) is 3.37. The normalized spacial score (nSPS) is 17.7. The maximum absolute atomic E-state index is 13.0. The van der Waals surface area contributed by atoms with Crippen LogP contribution in [0.3, 0.4) is 0 Å². The molecule has 7 nitrogen and oxygen atoms in total. The fourth-order valence-electron chi connectivity index (χ4n) is 3.23. The second-order valence-corrected chi connectivity index (χ2v) is 6.68. The van der Waals surface area contributed by atoms with Gasteiger partial charge in [0.1, 0.15) is 0 Å². The third-order valence-electron chi connectivity index (χ3n) is 4.77. The highest BCUT2D eigenvalue weighted by Gasteiger charge is 2.35. The molecule has 0 aromatic carbocycles. The molecule has 126 valence electrons. The molecule has 2 fully saturated rings. The van der Waals surface area contributed by atoms with Gasteiger partial charge in [-0.25, -0.2) is 4.98 Å². The lowest BCUT2D eigenvalue weighted by Crippen LogP contribution is -2.53. The largest absolute Gasteiger partial charge is 0.389 e. The van der Waals surface area contributed by atoms with Crippen molar-refractivity contribution < 1.29 is 14.4 Å². The van der Waals surface area contributed by atoms with Crippen LogP contribution in [0.2, 0.25) is 0 Å². The first-order valence-electron chi connectivity index (χ1n) is 8.39. The van der Waals surface area contributed by atoms with Crippen molar-refractivity contribution in [1.82, 2.24) is 20.0 Å². The zero-order valence-corrected chi connectivity index (χ0v) is 13.4. The van der Waals surface area contributed by atoms with Crippen LogP contribution in [0.4, 0.5) is 0 Å². The topological polar surface area (TPSA) is 92.3 Å². The summed E-state index contributed by atoms with van der Waals surface area (Å²) in [5.41, 5.74) is 3.19. The molecule has 1 aliphatic carbocycles. The van der Waals surface area contributed by atoms with E-state index in [-0.39, 0.29) is 5.91 Å². The van der Waals surface area contributed by atoms with Crippen molar-refractivity contribution in [2.24, 2.45) is 0 Å². The number of pyridine rings is 2. The number of amides is 1. The van der Waals surface area contributed by atoms with Gasteiger partial charge >= 0.3 is 0 Å². The molecule has 3 aromatic rings. The number of fused-ring (bicyclic) bond motifs is 1. The summed E-state index contributed by atoms with van der Waals surface area (Å²) < 4.78 is 5.45. The summed E-state index contributed by atoms with van der Waals surface area (Å²) in [7, 11) is 0. The van der Waals surface area contributed by atoms with Gasteiger partial charge in [-0.3, -0.25) is 9.78 Å². The van der Waals surface area contributed by atoms with Crippen molar-refractivity contribution in [3.8, 4) is 11.3 Å². The van der Waals surface area contributed by atoms with Crippen LogP contribution < -0.4 is 0 Å². The number of carbonyl (C=O) groups excluding carboxylic acids is 1. The van der Waals surface area contributed by atoms with E-state index in [9.17, 15) is 9.90 Å². The summed E-state index contributed by atoms with van der Waals surface area (Å²) in [5, 5.41) is 14.4. The first-order valence-corrected chi connectivity index (χ1v) is 8.39. The minimum Gasteiger partial charge on any atom is -0.389 e. The second kappa shape index (κ2) is 5.35. The molecule has 7 heteroatoms. The van der Waals surface area contributed by atoms with Crippen LogP contribution in [0.15, 0.2) is 35.1 Å². The monoisotopic (exact) mass is 336 g/mol. The number of aromatic nitrogens is 3. The minimum atomic E-state index is -0.440. The van der Waals surface area contributed by atoms with Crippen LogP contribution in [0.25, 0.3) is 22.4 Å². The number of carbonyl (C=O) groups is 1. The van der Waals surface area contributed by atoms with Gasteiger partial charge in [0.25, 0.3) is 11.6 Å². The van der Waals surface area contributed by atoms with E-state index in [1.54, 1.807) is 23.4 Å². The molecule has 1 saturated carbocycles. The number of aliphatic hydroxyl groups excluding tert-OH is 1. The Labute approximate surface area is 143 Å². The van der Waals surface area contributed by atoms with Gasteiger partial charge in [0.15, 0.2) is 0 Å². The summed E-state index contributed by atoms with van der Waals surface area (Å²) in [4.78, 5) is 23.3. The van der Waals surface area contributed by atoms with Crippen LogP contribution >= 0.6 is 0 Å². The van der Waals surface area contributed by atoms with Gasteiger partial charge in [0, 0.05) is 37.0 Å². The van der Waals surface area contributed by atoms with Gasteiger partial charge in [0.05, 0.1) is 28.4 Å². The average molecular weight is 336 g/mol. The Kier molecular flexibility index (Phi) is 3.11. The van der Waals surface area contributed by atoms with E-state index in [1.807, 2.05) is 12.1 Å². The van der Waals surface area contributed by atoms with E-state index in [4.69, 9.17) is 4.52 Å². The highest BCUT2D eigenvalue weighted by atomic mass is 16.5. The lowest BCUT2D eigenvalue weighted by molar-refractivity contribution is 0.00602. The number of β-amino-alcohol motifs (C(OH)–C–C–N with tert-alkyl or cyclic N) is 1. The molecular formula is C18H16N4O3. The molecule has 25 heavy (non-hydrogen) atoms. The molecule has 0 atom stereocenters. The predicted octanol–water partition coefficient (Wildman–Crippen LogP) is 1.98. The van der Waals surface area contributed by atoms with Crippen molar-refractivity contribution in [2.45, 2.75) is 24.9 Å². The molecule has 1 N–H and O–H groups in total. The van der Waals surface area contributed by atoms with Gasteiger partial charge < -0.3 is 14.5 Å². The molecule has 4 heterocycles. The number of hydrogen-bond acceptors (Lipinski definition) is 6. The Hall–Kier alpha value is -2.80. The third-order valence-corrected chi connectivity index (χ3v) is 4.77. The molecule has 3 aromatic heterocycles. The molecular weight excluding hydrogens is 320 g/mol. The summed E-state index contributed by atoms with van der Waals surface area (Å²) >= 11 is 0. The molecule has 0 spiro atoms. The van der Waals surface area contributed by atoms with E-state index >= 15 is 0 Å². The molecule has 5 rings (SSSR count). The molecule has 2 aliphatic rings. The Bertz CT molecular complexity index is 959. The smallest absolute Gasteiger partial charge is 0.259 e. The lowest BCUT2D eigenvalue weighted by atomic mass is 10.0. The van der Waals surface area contributed by atoms with Crippen molar-refractivity contribution in [3.05, 3.63) is 41.9 Å². The van der Waals surface area contributed by atoms with Crippen molar-refractivity contribution >= 4 is 17.0 Å². The summed E-state index contributed by atoms with van der Waals surface area (Å²) in [6.07, 6.45) is 5.07. The first-order chi connectivity index (χ1) is 12.2. The lowest BCUT2D eigenvalue weighted by Gasteiger charge is -2.36. The van der Waals surface area contributed by atoms with Gasteiger partial charge in [-0.2, -0.15) is 0 Å².